The minimum atomic E-state index is -0.303. The van der Waals surface area contributed by atoms with Crippen molar-refractivity contribution in [1.82, 2.24) is 0 Å². The van der Waals surface area contributed by atoms with E-state index in [0.29, 0.717) is 17.0 Å². The molecule has 2 aromatic carbocycles. The standard InChI is InChI=1S/C20H17NO3S/c1-14-7-9-15(10-8-14)18(22)13-25-17-5-2-4-16(12-17)21-20(23)19-6-3-11-24-19/h2-12H,13H2,1H3,(H,21,23). The molecule has 0 aliphatic heterocycles. The van der Waals surface area contributed by atoms with Gasteiger partial charge in [0.05, 0.1) is 12.0 Å². The summed E-state index contributed by atoms with van der Waals surface area (Å²) in [6.45, 7) is 1.99. The quantitative estimate of drug-likeness (QED) is 0.511. The summed E-state index contributed by atoms with van der Waals surface area (Å²) in [7, 11) is 0. The van der Waals surface area contributed by atoms with Gasteiger partial charge in [-0.05, 0) is 37.3 Å². The number of carbonyl (C=O) groups is 2. The molecule has 1 amide bonds. The number of Topliss-reactive ketones (excluding diaryl/α,β-unsaturated/α-hetero) is 1. The van der Waals surface area contributed by atoms with Crippen molar-refractivity contribution in [1.29, 1.82) is 0 Å². The first-order valence-electron chi connectivity index (χ1n) is 7.79. The lowest BCUT2D eigenvalue weighted by molar-refractivity contribution is 0.0994. The predicted octanol–water partition coefficient (Wildman–Crippen LogP) is 4.82. The lowest BCUT2D eigenvalue weighted by Crippen LogP contribution is -2.10. The van der Waals surface area contributed by atoms with Crippen LogP contribution < -0.4 is 5.32 Å². The maximum atomic E-state index is 12.2. The first kappa shape index (κ1) is 17.0. The number of thioether (sulfide) groups is 1. The Bertz CT molecular complexity index is 870. The number of anilines is 1. The van der Waals surface area contributed by atoms with E-state index in [1.807, 2.05) is 49.4 Å². The van der Waals surface area contributed by atoms with E-state index < -0.39 is 0 Å². The number of benzene rings is 2. The number of amides is 1. The first-order valence-corrected chi connectivity index (χ1v) is 8.78. The van der Waals surface area contributed by atoms with Gasteiger partial charge >= 0.3 is 0 Å². The summed E-state index contributed by atoms with van der Waals surface area (Å²) in [5.41, 5.74) is 2.50. The van der Waals surface area contributed by atoms with Gasteiger partial charge in [-0.3, -0.25) is 9.59 Å². The number of ketones is 1. The number of nitrogens with one attached hydrogen (secondary N) is 1. The molecule has 0 saturated carbocycles. The van der Waals surface area contributed by atoms with Gasteiger partial charge in [-0.25, -0.2) is 0 Å². The Morgan fingerprint density at radius 3 is 2.56 bits per heavy atom. The average Bonchev–Trinajstić information content (AvgIpc) is 3.15. The van der Waals surface area contributed by atoms with E-state index in [-0.39, 0.29) is 17.5 Å². The van der Waals surface area contributed by atoms with Crippen molar-refractivity contribution in [3.05, 3.63) is 83.8 Å². The summed E-state index contributed by atoms with van der Waals surface area (Å²) >= 11 is 1.44. The van der Waals surface area contributed by atoms with E-state index in [1.54, 1.807) is 18.2 Å². The second-order valence-electron chi connectivity index (χ2n) is 5.54. The van der Waals surface area contributed by atoms with E-state index in [2.05, 4.69) is 5.32 Å². The molecule has 25 heavy (non-hydrogen) atoms. The lowest BCUT2D eigenvalue weighted by Gasteiger charge is -2.06. The molecule has 0 aliphatic carbocycles. The van der Waals surface area contributed by atoms with Gasteiger partial charge in [0.25, 0.3) is 5.91 Å². The molecular formula is C20H17NO3S. The van der Waals surface area contributed by atoms with Crippen molar-refractivity contribution in [2.45, 2.75) is 11.8 Å². The van der Waals surface area contributed by atoms with Crippen LogP contribution in [0.5, 0.6) is 0 Å². The van der Waals surface area contributed by atoms with E-state index in [9.17, 15) is 9.59 Å². The zero-order valence-corrected chi connectivity index (χ0v) is 14.5. The summed E-state index contributed by atoms with van der Waals surface area (Å²) in [5.74, 6) is 0.379. The molecule has 1 heterocycles. The largest absolute Gasteiger partial charge is 0.459 e. The zero-order chi connectivity index (χ0) is 17.6. The molecule has 4 nitrogen and oxygen atoms in total. The fraction of sp³-hybridized carbons (Fsp3) is 0.100. The molecule has 0 radical (unpaired) electrons. The van der Waals surface area contributed by atoms with Crippen molar-refractivity contribution < 1.29 is 14.0 Å². The van der Waals surface area contributed by atoms with Crippen LogP contribution in [0.1, 0.15) is 26.5 Å². The second-order valence-corrected chi connectivity index (χ2v) is 6.59. The van der Waals surface area contributed by atoms with Crippen LogP contribution in [0.3, 0.4) is 0 Å². The molecule has 0 bridgehead atoms. The van der Waals surface area contributed by atoms with Gasteiger partial charge in [0.15, 0.2) is 11.5 Å². The third-order valence-corrected chi connectivity index (χ3v) is 4.57. The second kappa shape index (κ2) is 7.85. The highest BCUT2D eigenvalue weighted by Gasteiger charge is 2.10. The van der Waals surface area contributed by atoms with Crippen molar-refractivity contribution in [2.24, 2.45) is 0 Å². The Kier molecular flexibility index (Phi) is 5.36. The monoisotopic (exact) mass is 351 g/mol. The van der Waals surface area contributed by atoms with Crippen LogP contribution >= 0.6 is 11.8 Å². The summed E-state index contributed by atoms with van der Waals surface area (Å²) in [4.78, 5) is 25.2. The van der Waals surface area contributed by atoms with Crippen LogP contribution in [-0.2, 0) is 0 Å². The van der Waals surface area contributed by atoms with Gasteiger partial charge in [0.1, 0.15) is 0 Å². The normalized spacial score (nSPS) is 10.4. The molecule has 126 valence electrons. The van der Waals surface area contributed by atoms with Crippen LogP contribution in [-0.4, -0.2) is 17.4 Å². The summed E-state index contributed by atoms with van der Waals surface area (Å²) in [6.07, 6.45) is 1.46. The Morgan fingerprint density at radius 2 is 1.84 bits per heavy atom. The number of rotatable bonds is 6. The van der Waals surface area contributed by atoms with Crippen molar-refractivity contribution >= 4 is 29.1 Å². The van der Waals surface area contributed by atoms with Gasteiger partial charge in [-0.2, -0.15) is 0 Å². The predicted molar refractivity (Wildman–Crippen MR) is 99.3 cm³/mol. The minimum Gasteiger partial charge on any atom is -0.459 e. The minimum absolute atomic E-state index is 0.0787. The Morgan fingerprint density at radius 1 is 1.04 bits per heavy atom. The SMILES string of the molecule is Cc1ccc(C(=O)CSc2cccc(NC(=O)c3ccco3)c2)cc1. The Labute approximate surface area is 150 Å². The summed E-state index contributed by atoms with van der Waals surface area (Å²) < 4.78 is 5.07. The molecule has 3 rings (SSSR count). The summed E-state index contributed by atoms with van der Waals surface area (Å²) in [6, 6.07) is 18.2. The van der Waals surface area contributed by atoms with Crippen molar-refractivity contribution in [2.75, 3.05) is 11.1 Å². The van der Waals surface area contributed by atoms with E-state index in [0.717, 1.165) is 10.5 Å². The number of hydrogen-bond donors (Lipinski definition) is 1. The molecule has 0 spiro atoms. The number of hydrogen-bond acceptors (Lipinski definition) is 4. The molecule has 0 unspecified atom stereocenters. The van der Waals surface area contributed by atoms with Gasteiger partial charge < -0.3 is 9.73 Å². The van der Waals surface area contributed by atoms with Crippen LogP contribution in [0.4, 0.5) is 5.69 Å². The molecular weight excluding hydrogens is 334 g/mol. The third-order valence-electron chi connectivity index (χ3n) is 3.58. The van der Waals surface area contributed by atoms with E-state index >= 15 is 0 Å². The highest BCUT2D eigenvalue weighted by Crippen LogP contribution is 2.23. The van der Waals surface area contributed by atoms with Crippen molar-refractivity contribution in [3.63, 3.8) is 0 Å². The molecule has 0 fully saturated rings. The van der Waals surface area contributed by atoms with Gasteiger partial charge in [-0.1, -0.05) is 35.9 Å². The van der Waals surface area contributed by atoms with Crippen molar-refractivity contribution in [3.8, 4) is 0 Å². The fourth-order valence-electron chi connectivity index (χ4n) is 2.24. The summed E-state index contributed by atoms with van der Waals surface area (Å²) in [5, 5.41) is 2.78. The van der Waals surface area contributed by atoms with Crippen LogP contribution in [0.2, 0.25) is 0 Å². The molecule has 1 aromatic heterocycles. The number of aryl methyl sites for hydroxylation is 1. The molecule has 5 heteroatoms. The first-order chi connectivity index (χ1) is 12.1. The highest BCUT2D eigenvalue weighted by molar-refractivity contribution is 8.00. The van der Waals surface area contributed by atoms with Crippen LogP contribution in [0, 0.1) is 6.92 Å². The van der Waals surface area contributed by atoms with Gasteiger partial charge in [0, 0.05) is 16.1 Å². The molecule has 0 atom stereocenters. The third kappa shape index (κ3) is 4.61. The average molecular weight is 351 g/mol. The van der Waals surface area contributed by atoms with E-state index in [4.69, 9.17) is 4.42 Å². The van der Waals surface area contributed by atoms with Crippen LogP contribution in [0.15, 0.2) is 76.2 Å². The topological polar surface area (TPSA) is 59.3 Å². The van der Waals surface area contributed by atoms with E-state index in [1.165, 1.54) is 18.0 Å². The smallest absolute Gasteiger partial charge is 0.291 e. The Balaban J connectivity index is 1.60. The molecule has 0 aliphatic rings. The van der Waals surface area contributed by atoms with Crippen LogP contribution in [0.25, 0.3) is 0 Å². The van der Waals surface area contributed by atoms with Gasteiger partial charge in [0.2, 0.25) is 0 Å². The fourth-order valence-corrected chi connectivity index (χ4v) is 3.09. The Hall–Kier alpha value is -2.79. The zero-order valence-electron chi connectivity index (χ0n) is 13.7. The highest BCUT2D eigenvalue weighted by atomic mass is 32.2. The van der Waals surface area contributed by atoms with Gasteiger partial charge in [-0.15, -0.1) is 11.8 Å². The lowest BCUT2D eigenvalue weighted by atomic mass is 10.1. The maximum Gasteiger partial charge on any atom is 0.291 e. The maximum absolute atomic E-state index is 12.2. The number of furan rings is 1. The number of carbonyl (C=O) groups excluding carboxylic acids is 2. The molecule has 0 saturated heterocycles. The molecule has 1 N–H and O–H groups in total. The molecule has 3 aromatic rings.